The molecule has 1 atom stereocenters. The Balaban J connectivity index is 0.000000136. The van der Waals surface area contributed by atoms with Crippen LogP contribution in [0.5, 0.6) is 5.75 Å². The largest absolute Gasteiger partial charge is 0.508 e. The number of carbonyl (C=O) groups is 4. The number of carbonyl (C=O) groups excluding carboxylic acids is 4. The molecule has 1 saturated carbocycles. The smallest absolute Gasteiger partial charge is 0.230 e. The molecule has 17 heteroatoms. The number of benzene rings is 8. The van der Waals surface area contributed by atoms with Gasteiger partial charge >= 0.3 is 0 Å². The number of phenolic OH excluding ortho intramolecular Hbond substituents is 1. The highest BCUT2D eigenvalue weighted by Crippen LogP contribution is 2.46. The second-order valence-corrected chi connectivity index (χ2v) is 38.3. The first-order valence-corrected chi connectivity index (χ1v) is 48.9. The average molecular weight is 1880 g/mol. The lowest BCUT2D eigenvalue weighted by Gasteiger charge is -2.35. The molecule has 12 aromatic rings. The van der Waals surface area contributed by atoms with Crippen LogP contribution in [0.3, 0.4) is 0 Å². The summed E-state index contributed by atoms with van der Waals surface area (Å²) in [7, 11) is 0. The Morgan fingerprint density at radius 1 is 0.341 bits per heavy atom. The van der Waals surface area contributed by atoms with Crippen LogP contribution in [-0.2, 0) is 89.8 Å². The van der Waals surface area contributed by atoms with E-state index in [9.17, 15) is 24.3 Å². The minimum absolute atomic E-state index is 0. The van der Waals surface area contributed by atoms with Crippen LogP contribution in [0.4, 0.5) is 0 Å². The lowest BCUT2D eigenvalue weighted by molar-refractivity contribution is -0.135. The van der Waals surface area contributed by atoms with Gasteiger partial charge in [0.15, 0.2) is 0 Å². The summed E-state index contributed by atoms with van der Waals surface area (Å²) < 4.78 is 0. The molecule has 5 aliphatic carbocycles. The van der Waals surface area contributed by atoms with E-state index < -0.39 is 0 Å². The monoisotopic (exact) mass is 1870 g/mol. The van der Waals surface area contributed by atoms with E-state index in [1.165, 1.54) is 141 Å². The number of piperidine rings is 4. The number of nitrogens with zero attached hydrogens (tertiary/aromatic N) is 8. The molecule has 0 spiro atoms. The molecule has 13 nitrogen and oxygen atoms in total. The molecule has 0 radical (unpaired) electrons. The van der Waals surface area contributed by atoms with Crippen molar-refractivity contribution >= 4 is 92.3 Å². The number of aromatic hydroxyl groups is 1. The number of likely N-dealkylation sites (tertiary alicyclic amines) is 4. The van der Waals surface area contributed by atoms with Gasteiger partial charge in [0.25, 0.3) is 0 Å². The second kappa shape index (κ2) is 45.7. The zero-order chi connectivity index (χ0) is 90.6. The average Bonchev–Trinajstić information content (AvgIpc) is 1.34. The number of fused-ring (bicyclic) bond motifs is 8. The van der Waals surface area contributed by atoms with Crippen molar-refractivity contribution in [3.63, 3.8) is 0 Å². The van der Waals surface area contributed by atoms with Crippen LogP contribution in [-0.4, -0.2) is 121 Å². The highest BCUT2D eigenvalue weighted by Gasteiger charge is 2.38. The number of para-hydroxylation sites is 1. The van der Waals surface area contributed by atoms with Crippen LogP contribution in [0.25, 0.3) is 22.3 Å². The third-order valence-electron chi connectivity index (χ3n) is 28.3. The normalized spacial score (nSPS) is 16.2. The first-order valence-electron chi connectivity index (χ1n) is 47.4. The number of amides is 4. The van der Waals surface area contributed by atoms with Crippen LogP contribution in [0.15, 0.2) is 278 Å². The van der Waals surface area contributed by atoms with Crippen molar-refractivity contribution in [1.29, 1.82) is 0 Å². The van der Waals surface area contributed by atoms with Gasteiger partial charge in [-0.2, -0.15) is 0 Å². The Kier molecular flexibility index (Phi) is 33.0. The van der Waals surface area contributed by atoms with Gasteiger partial charge in [0.2, 0.25) is 23.6 Å². The summed E-state index contributed by atoms with van der Waals surface area (Å²) in [5, 5.41) is 13.1. The number of hydrogen-bond acceptors (Lipinski definition) is 9. The van der Waals surface area contributed by atoms with E-state index in [4.69, 9.17) is 66.3 Å². The topological polar surface area (TPSA) is 153 Å². The van der Waals surface area contributed by atoms with Crippen molar-refractivity contribution in [2.45, 2.75) is 189 Å². The SMILES string of the molecule is C.C.C.Cc1cccc(CC(=O)N2CCC(=C3c4ccc(Cl)cc4CCc4cccnc43)CC2)c1.O=C(C(c1ccccc1)C1CCCC1)N1CCC(=C2c3ccc(Cl)cc3CCc3cccnc32)CC1.O=C(CCc1ccccc1)N1CCC(=C2c3ccc(Cl)cc3CCc3cccnc32)CC1.O=C(Cc1ccccc1O)N1CCC(=C2c3ccc(Cl)cc3CCc3cccnc32)CC1. The van der Waals surface area contributed by atoms with Gasteiger partial charge in [0.05, 0.1) is 41.5 Å². The summed E-state index contributed by atoms with van der Waals surface area (Å²) in [5.74, 6) is 1.49. The van der Waals surface area contributed by atoms with Gasteiger partial charge < -0.3 is 24.7 Å². The molecule has 8 heterocycles. The number of halogens is 4. The Morgan fingerprint density at radius 3 is 1.05 bits per heavy atom. The van der Waals surface area contributed by atoms with Crippen LogP contribution >= 0.6 is 46.4 Å². The molecule has 8 aromatic carbocycles. The fourth-order valence-corrected chi connectivity index (χ4v) is 22.2. The maximum absolute atomic E-state index is 13.9. The van der Waals surface area contributed by atoms with E-state index in [1.807, 2.05) is 130 Å². The number of aromatic nitrogens is 4. The van der Waals surface area contributed by atoms with Crippen LogP contribution in [0.2, 0.25) is 20.1 Å². The molecule has 5 fully saturated rings. The maximum Gasteiger partial charge on any atom is 0.230 e. The van der Waals surface area contributed by atoms with E-state index in [-0.39, 0.29) is 58.1 Å². The van der Waals surface area contributed by atoms with Gasteiger partial charge in [-0.15, -0.1) is 0 Å². The minimum atomic E-state index is -0.00829. The summed E-state index contributed by atoms with van der Waals surface area (Å²) in [6.07, 6.45) is 29.1. The van der Waals surface area contributed by atoms with Crippen LogP contribution in [0.1, 0.15) is 229 Å². The zero-order valence-corrected chi connectivity index (χ0v) is 78.2. The van der Waals surface area contributed by atoms with Gasteiger partial charge in [0.1, 0.15) is 5.75 Å². The Hall–Kier alpha value is -11.8. The molecular weight excluding hydrogens is 1750 g/mol. The van der Waals surface area contributed by atoms with Crippen molar-refractivity contribution in [2.75, 3.05) is 52.4 Å². The fraction of sp³-hybridized carbons (Fsp3) is 0.322. The molecule has 135 heavy (non-hydrogen) atoms. The minimum Gasteiger partial charge on any atom is -0.508 e. The molecule has 1 N–H and O–H groups in total. The van der Waals surface area contributed by atoms with E-state index in [0.29, 0.717) is 43.3 Å². The molecule has 4 aromatic heterocycles. The van der Waals surface area contributed by atoms with Crippen molar-refractivity contribution in [1.82, 2.24) is 39.5 Å². The van der Waals surface area contributed by atoms with Gasteiger partial charge in [0, 0.05) is 132 Å². The molecule has 0 bridgehead atoms. The summed E-state index contributed by atoms with van der Waals surface area (Å²) in [5.41, 5.74) is 35.6. The van der Waals surface area contributed by atoms with Gasteiger partial charge in [-0.3, -0.25) is 39.1 Å². The lowest BCUT2D eigenvalue weighted by Crippen LogP contribution is -2.41. The predicted molar refractivity (Wildman–Crippen MR) is 553 cm³/mol. The van der Waals surface area contributed by atoms with Crippen LogP contribution in [0, 0.1) is 12.8 Å². The van der Waals surface area contributed by atoms with Crippen molar-refractivity contribution in [3.8, 4) is 5.75 Å². The number of rotatable bonds is 10. The first-order chi connectivity index (χ1) is 64.6. The Morgan fingerprint density at radius 2 is 0.674 bits per heavy atom. The molecule has 4 saturated heterocycles. The Bertz CT molecular complexity index is 6390. The summed E-state index contributed by atoms with van der Waals surface area (Å²) >= 11 is 25.4. The quantitative estimate of drug-likeness (QED) is 0.141. The third kappa shape index (κ3) is 23.0. The van der Waals surface area contributed by atoms with E-state index in [1.54, 1.807) is 18.2 Å². The second-order valence-electron chi connectivity index (χ2n) is 36.5. The standard InChI is InChI=1S/C32H33ClN2O.2C28H27ClN2O.C27H25ClN2O2.3CH4/c33-27-14-15-28-26(21-27)13-12-25-11-6-18-34-31(25)30(28)24-16-19-35(20-17-24)32(36)29(23-9-4-5-10-23)22-7-2-1-3-8-22;1-19-4-2-5-20(16-19)17-26(32)31-14-11-21(12-15-31)27-25-10-9-24(29)18-23(25)8-7-22-6-3-13-30-28(22)27;29-24-11-12-25-23(19-24)10-9-22-7-4-16-30-28(22)27(25)21-14-17-31(18-15-21)26(32)13-8-20-5-2-1-3-6-20;28-22-9-10-23-20(16-22)8-7-19-5-3-13-29-27(19)26(23)18-11-14-30(15-12-18)25(32)17-21-4-1-2-6-24(21)31;;;/h1-3,6-8,11,14-15,18,21,23,29H,4-5,9-10,12-13,16-17,19-20H2;2-6,9-10,13,16,18H,7-8,11-12,14-15,17H2,1H3;1-7,11-12,16,19H,8-10,13-15,17-18H2;1-6,9-10,13,16,31H,7-8,11-12,14-15,17H2;3*1H4. The van der Waals surface area contributed by atoms with Gasteiger partial charge in [-0.25, -0.2) is 0 Å². The molecule has 1 unspecified atom stereocenters. The summed E-state index contributed by atoms with van der Waals surface area (Å²) in [4.78, 5) is 79.9. The van der Waals surface area contributed by atoms with Gasteiger partial charge in [-0.1, -0.05) is 261 Å². The number of aryl methyl sites for hydroxylation is 10. The van der Waals surface area contributed by atoms with E-state index in [0.717, 1.165) is 210 Å². The predicted octanol–water partition coefficient (Wildman–Crippen LogP) is 26.0. The van der Waals surface area contributed by atoms with Gasteiger partial charge in [-0.05, 0) is 297 Å². The van der Waals surface area contributed by atoms with E-state index >= 15 is 0 Å². The van der Waals surface area contributed by atoms with Crippen molar-refractivity contribution in [3.05, 3.63) is 415 Å². The number of hydrogen-bond donors (Lipinski definition) is 1. The van der Waals surface area contributed by atoms with Crippen molar-refractivity contribution < 1.29 is 24.3 Å². The molecule has 9 aliphatic rings. The van der Waals surface area contributed by atoms with Crippen molar-refractivity contribution in [2.24, 2.45) is 5.92 Å². The van der Waals surface area contributed by atoms with Crippen LogP contribution < -0.4 is 0 Å². The maximum atomic E-state index is 13.9. The first kappa shape index (κ1) is 97.7. The Labute approximate surface area is 818 Å². The molecular formula is C118H124Cl4N8O5. The third-order valence-corrected chi connectivity index (χ3v) is 29.2. The molecule has 21 rings (SSSR count). The summed E-state index contributed by atoms with van der Waals surface area (Å²) in [6, 6.07) is 77.8. The number of pyridine rings is 4. The highest BCUT2D eigenvalue weighted by molar-refractivity contribution is 6.31. The fourth-order valence-electron chi connectivity index (χ4n) is 21.5. The number of phenols is 1. The zero-order valence-electron chi connectivity index (χ0n) is 75.2. The molecule has 4 amide bonds. The highest BCUT2D eigenvalue weighted by atomic mass is 35.5. The molecule has 694 valence electrons. The van der Waals surface area contributed by atoms with E-state index in [2.05, 4.69) is 133 Å². The summed E-state index contributed by atoms with van der Waals surface area (Å²) in [6.45, 7) is 8.04. The molecule has 4 aliphatic heterocycles. The lowest BCUT2D eigenvalue weighted by atomic mass is 9.83.